The van der Waals surface area contributed by atoms with Crippen LogP contribution in [-0.4, -0.2) is 51.9 Å². The molecule has 38 heavy (non-hydrogen) atoms. The Labute approximate surface area is 223 Å². The van der Waals surface area contributed by atoms with E-state index >= 15 is 0 Å². The molecule has 2 N–H and O–H groups in total. The van der Waals surface area contributed by atoms with Gasteiger partial charge in [0.1, 0.15) is 0 Å². The molecule has 196 valence electrons. The van der Waals surface area contributed by atoms with Crippen molar-refractivity contribution in [2.24, 2.45) is 5.92 Å². The maximum absolute atomic E-state index is 13.2. The summed E-state index contributed by atoms with van der Waals surface area (Å²) in [4.78, 5) is 15.6. The summed E-state index contributed by atoms with van der Waals surface area (Å²) in [5.74, 6) is -0.399. The molecule has 6 nitrogen and oxygen atoms in total. The van der Waals surface area contributed by atoms with Crippen molar-refractivity contribution in [1.29, 1.82) is 0 Å². The highest BCUT2D eigenvalue weighted by molar-refractivity contribution is 5.93. The number of likely N-dealkylation sites (tertiary alicyclic amines) is 1. The van der Waals surface area contributed by atoms with Gasteiger partial charge in [-0.05, 0) is 49.1 Å². The van der Waals surface area contributed by atoms with E-state index in [1.165, 1.54) is 16.2 Å². The van der Waals surface area contributed by atoms with Crippen LogP contribution >= 0.6 is 0 Å². The molecule has 6 heteroatoms. The molecule has 0 bridgehead atoms. The fourth-order valence-electron chi connectivity index (χ4n) is 5.26. The summed E-state index contributed by atoms with van der Waals surface area (Å²) in [6.07, 6.45) is 3.58. The van der Waals surface area contributed by atoms with E-state index in [0.29, 0.717) is 29.8 Å². The number of hydrogen-bond acceptors (Lipinski definition) is 5. The molecule has 1 saturated heterocycles. The second-order valence-electron chi connectivity index (χ2n) is 10.0. The summed E-state index contributed by atoms with van der Waals surface area (Å²) in [6.45, 7) is 3.31. The smallest absolute Gasteiger partial charge is 0.340 e. The van der Waals surface area contributed by atoms with Crippen LogP contribution in [0.5, 0.6) is 11.8 Å². The second-order valence-corrected chi connectivity index (χ2v) is 10.0. The molecule has 0 aliphatic carbocycles. The molecule has 0 radical (unpaired) electrons. The van der Waals surface area contributed by atoms with Crippen molar-refractivity contribution in [3.05, 3.63) is 113 Å². The number of benzene rings is 3. The van der Waals surface area contributed by atoms with Crippen molar-refractivity contribution in [2.75, 3.05) is 26.2 Å². The molecular weight excluding hydrogens is 476 g/mol. The molecule has 1 aliphatic heterocycles. The number of carbonyl (C=O) groups excluding carboxylic acids is 1. The first kappa shape index (κ1) is 25.6. The molecule has 5 rings (SSSR count). The lowest BCUT2D eigenvalue weighted by molar-refractivity contribution is 0.0355. The van der Waals surface area contributed by atoms with Gasteiger partial charge in [0, 0.05) is 37.1 Å². The van der Waals surface area contributed by atoms with Crippen LogP contribution < -0.4 is 0 Å². The number of esters is 1. The predicted octanol–water partition coefficient (Wildman–Crippen LogP) is 5.59. The number of aromatic hydroxyl groups is 2. The largest absolute Gasteiger partial charge is 0.494 e. The first-order chi connectivity index (χ1) is 18.6. The van der Waals surface area contributed by atoms with Gasteiger partial charge in [-0.15, -0.1) is 0 Å². The van der Waals surface area contributed by atoms with Crippen LogP contribution in [-0.2, 0) is 17.6 Å². The van der Waals surface area contributed by atoms with Gasteiger partial charge in [-0.2, -0.15) is 0 Å². The standard InChI is InChI=1S/C32H34N2O4/c35-30-21-27(20-25-12-5-2-6-13-25)31(36)34(30)29-16-8-7-15-28(29)32(37)38-23-26-14-9-18-33(22-26)19-17-24-10-3-1-4-11-24/h1-8,10-13,15-16,21,26,35-36H,9,14,17-20,22-23H2. The molecule has 1 atom stereocenters. The molecule has 1 fully saturated rings. The van der Waals surface area contributed by atoms with Gasteiger partial charge in [0.2, 0.25) is 5.88 Å². The van der Waals surface area contributed by atoms with E-state index < -0.39 is 5.97 Å². The summed E-state index contributed by atoms with van der Waals surface area (Å²) in [6, 6.07) is 28.7. The molecular formula is C32H34N2O4. The van der Waals surface area contributed by atoms with Crippen molar-refractivity contribution < 1.29 is 19.7 Å². The summed E-state index contributed by atoms with van der Waals surface area (Å²) < 4.78 is 7.09. The van der Waals surface area contributed by atoms with Crippen LogP contribution in [0.3, 0.4) is 0 Å². The quantitative estimate of drug-likeness (QED) is 0.287. The minimum Gasteiger partial charge on any atom is -0.494 e. The summed E-state index contributed by atoms with van der Waals surface area (Å²) in [5.41, 5.74) is 3.62. The first-order valence-corrected chi connectivity index (χ1v) is 13.3. The topological polar surface area (TPSA) is 74.9 Å². The monoisotopic (exact) mass is 510 g/mol. The number of nitrogens with zero attached hydrogens (tertiary/aromatic N) is 2. The average molecular weight is 511 g/mol. The normalized spacial score (nSPS) is 15.8. The average Bonchev–Trinajstić information content (AvgIpc) is 3.23. The zero-order valence-corrected chi connectivity index (χ0v) is 21.5. The highest BCUT2D eigenvalue weighted by Gasteiger charge is 2.24. The molecule has 4 aromatic rings. The minimum atomic E-state index is -0.459. The third-order valence-corrected chi connectivity index (χ3v) is 7.25. The Morgan fingerprint density at radius 1 is 0.895 bits per heavy atom. The van der Waals surface area contributed by atoms with E-state index in [4.69, 9.17) is 4.74 Å². The van der Waals surface area contributed by atoms with Gasteiger partial charge in [0.15, 0.2) is 5.88 Å². The lowest BCUT2D eigenvalue weighted by Crippen LogP contribution is -2.38. The van der Waals surface area contributed by atoms with E-state index in [0.717, 1.165) is 44.5 Å². The molecule has 1 aromatic heterocycles. The lowest BCUT2D eigenvalue weighted by atomic mass is 9.98. The van der Waals surface area contributed by atoms with Gasteiger partial charge in [0.05, 0.1) is 17.9 Å². The molecule has 1 unspecified atom stereocenters. The van der Waals surface area contributed by atoms with Gasteiger partial charge in [0.25, 0.3) is 0 Å². The van der Waals surface area contributed by atoms with Gasteiger partial charge in [-0.1, -0.05) is 72.8 Å². The van der Waals surface area contributed by atoms with Crippen molar-refractivity contribution in [3.8, 4) is 17.4 Å². The highest BCUT2D eigenvalue weighted by Crippen LogP contribution is 2.34. The maximum Gasteiger partial charge on any atom is 0.340 e. The van der Waals surface area contributed by atoms with Crippen molar-refractivity contribution in [2.45, 2.75) is 25.7 Å². The molecule has 1 aliphatic rings. The van der Waals surface area contributed by atoms with E-state index in [1.54, 1.807) is 24.3 Å². The van der Waals surface area contributed by atoms with Crippen LogP contribution in [0, 0.1) is 5.92 Å². The zero-order chi connectivity index (χ0) is 26.3. The number of aromatic nitrogens is 1. The Kier molecular flexibility index (Phi) is 8.09. The number of para-hydroxylation sites is 1. The van der Waals surface area contributed by atoms with Crippen LogP contribution in [0.25, 0.3) is 5.69 Å². The summed E-state index contributed by atoms with van der Waals surface area (Å²) >= 11 is 0. The van der Waals surface area contributed by atoms with Crippen molar-refractivity contribution in [3.63, 3.8) is 0 Å². The Balaban J connectivity index is 1.24. The molecule has 0 spiro atoms. The van der Waals surface area contributed by atoms with Gasteiger partial charge in [-0.3, -0.25) is 4.57 Å². The molecule has 0 amide bonds. The maximum atomic E-state index is 13.2. The SMILES string of the molecule is O=C(OCC1CCCN(CCc2ccccc2)C1)c1ccccc1-n1c(O)cc(Cc2ccccc2)c1O. The van der Waals surface area contributed by atoms with Crippen molar-refractivity contribution >= 4 is 5.97 Å². The first-order valence-electron chi connectivity index (χ1n) is 13.3. The third-order valence-electron chi connectivity index (χ3n) is 7.25. The predicted molar refractivity (Wildman–Crippen MR) is 148 cm³/mol. The van der Waals surface area contributed by atoms with E-state index in [2.05, 4.69) is 29.2 Å². The summed E-state index contributed by atoms with van der Waals surface area (Å²) in [5, 5.41) is 21.7. The van der Waals surface area contributed by atoms with Crippen LogP contribution in [0.4, 0.5) is 0 Å². The van der Waals surface area contributed by atoms with Gasteiger partial charge in [-0.25, -0.2) is 4.79 Å². The third kappa shape index (κ3) is 6.09. The van der Waals surface area contributed by atoms with Gasteiger partial charge >= 0.3 is 5.97 Å². The van der Waals surface area contributed by atoms with Crippen LogP contribution in [0.2, 0.25) is 0 Å². The number of ether oxygens (including phenoxy) is 1. The number of piperidine rings is 1. The Morgan fingerprint density at radius 2 is 1.58 bits per heavy atom. The van der Waals surface area contributed by atoms with E-state index in [1.807, 2.05) is 36.4 Å². The molecule has 2 heterocycles. The zero-order valence-electron chi connectivity index (χ0n) is 21.5. The Hall–Kier alpha value is -4.03. The number of rotatable bonds is 9. The second kappa shape index (κ2) is 12.0. The number of hydrogen-bond donors (Lipinski definition) is 2. The van der Waals surface area contributed by atoms with Crippen LogP contribution in [0.15, 0.2) is 91.0 Å². The summed E-state index contributed by atoms with van der Waals surface area (Å²) in [7, 11) is 0. The number of carbonyl (C=O) groups is 1. The van der Waals surface area contributed by atoms with Crippen LogP contribution in [0.1, 0.15) is 39.9 Å². The Bertz CT molecular complexity index is 1350. The fourth-order valence-corrected chi connectivity index (χ4v) is 5.26. The molecule has 0 saturated carbocycles. The van der Waals surface area contributed by atoms with Crippen molar-refractivity contribution in [1.82, 2.24) is 9.47 Å². The highest BCUT2D eigenvalue weighted by atomic mass is 16.5. The lowest BCUT2D eigenvalue weighted by Gasteiger charge is -2.32. The minimum absolute atomic E-state index is 0.0899. The van der Waals surface area contributed by atoms with E-state index in [9.17, 15) is 15.0 Å². The molecule has 3 aromatic carbocycles. The Morgan fingerprint density at radius 3 is 2.34 bits per heavy atom. The van der Waals surface area contributed by atoms with Gasteiger partial charge < -0.3 is 19.8 Å². The fraction of sp³-hybridized carbons (Fsp3) is 0.281. The van der Waals surface area contributed by atoms with E-state index in [-0.39, 0.29) is 17.7 Å².